The molecule has 1 aliphatic heterocycles. The molecular weight excluding hydrogens is 334 g/mol. The highest BCUT2D eigenvalue weighted by atomic mass is 35.5. The summed E-state index contributed by atoms with van der Waals surface area (Å²) in [6, 6.07) is 13.8. The van der Waals surface area contributed by atoms with Crippen LogP contribution in [0.3, 0.4) is 0 Å². The van der Waals surface area contributed by atoms with Crippen LogP contribution in [0.2, 0.25) is 5.15 Å². The van der Waals surface area contributed by atoms with Crippen LogP contribution in [0.25, 0.3) is 22.0 Å². The minimum Gasteiger partial charge on any atom is -0.306 e. The summed E-state index contributed by atoms with van der Waals surface area (Å²) < 4.78 is 1.94. The minimum atomic E-state index is 0.0514. The number of fused-ring (bicyclic) bond motifs is 1. The maximum atomic E-state index is 13.4. The smallest absolute Gasteiger partial charge is 0.259 e. The number of rotatable bonds is 2. The molecule has 3 aromatic rings. The lowest BCUT2D eigenvalue weighted by atomic mass is 10.0. The molecule has 25 heavy (non-hydrogen) atoms. The van der Waals surface area contributed by atoms with E-state index in [4.69, 9.17) is 11.6 Å². The number of nitrogens with zero attached hydrogens (tertiary/aromatic N) is 3. The average Bonchev–Trinajstić information content (AvgIpc) is 2.63. The van der Waals surface area contributed by atoms with Gasteiger partial charge in [0.05, 0.1) is 5.52 Å². The Labute approximate surface area is 151 Å². The number of likely N-dealkylation sites (tertiary alicyclic amines) is 1. The van der Waals surface area contributed by atoms with Gasteiger partial charge in [0.1, 0.15) is 5.15 Å². The number of halogens is 1. The molecule has 0 saturated carbocycles. The Morgan fingerprint density at radius 3 is 2.56 bits per heavy atom. The molecule has 1 aromatic carbocycles. The maximum absolute atomic E-state index is 13.4. The van der Waals surface area contributed by atoms with E-state index in [0.29, 0.717) is 5.15 Å². The summed E-state index contributed by atoms with van der Waals surface area (Å²) in [6.07, 6.45) is 3.68. The summed E-state index contributed by atoms with van der Waals surface area (Å²) in [5.74, 6) is 0. The van der Waals surface area contributed by atoms with E-state index < -0.39 is 0 Å². The van der Waals surface area contributed by atoms with Crippen molar-refractivity contribution >= 4 is 22.5 Å². The predicted molar refractivity (Wildman–Crippen MR) is 102 cm³/mol. The van der Waals surface area contributed by atoms with E-state index in [0.717, 1.165) is 48.0 Å². The van der Waals surface area contributed by atoms with Gasteiger partial charge in [-0.15, -0.1) is 0 Å². The fourth-order valence-corrected chi connectivity index (χ4v) is 3.80. The van der Waals surface area contributed by atoms with E-state index in [-0.39, 0.29) is 11.6 Å². The van der Waals surface area contributed by atoms with Crippen LogP contribution in [-0.2, 0) is 0 Å². The molecule has 0 aliphatic carbocycles. The Kier molecular flexibility index (Phi) is 4.32. The summed E-state index contributed by atoms with van der Waals surface area (Å²) in [5, 5.41) is 1.36. The number of piperidine rings is 1. The molecule has 1 saturated heterocycles. The summed E-state index contributed by atoms with van der Waals surface area (Å²) in [7, 11) is 2.12. The Morgan fingerprint density at radius 1 is 1.12 bits per heavy atom. The summed E-state index contributed by atoms with van der Waals surface area (Å²) >= 11 is 6.13. The molecule has 4 rings (SSSR count). The van der Waals surface area contributed by atoms with Crippen LogP contribution >= 0.6 is 11.6 Å². The Bertz CT molecular complexity index is 960. The van der Waals surface area contributed by atoms with Crippen molar-refractivity contribution in [1.29, 1.82) is 0 Å². The van der Waals surface area contributed by atoms with Crippen molar-refractivity contribution in [2.45, 2.75) is 18.9 Å². The Hall–Kier alpha value is -2.17. The lowest BCUT2D eigenvalue weighted by Crippen LogP contribution is -2.36. The van der Waals surface area contributed by atoms with E-state index in [1.165, 1.54) is 0 Å². The van der Waals surface area contributed by atoms with Gasteiger partial charge < -0.3 is 9.47 Å². The number of hydrogen-bond donors (Lipinski definition) is 0. The molecule has 0 bridgehead atoms. The van der Waals surface area contributed by atoms with Crippen molar-refractivity contribution in [3.63, 3.8) is 0 Å². The average molecular weight is 354 g/mol. The summed E-state index contributed by atoms with van der Waals surface area (Å²) in [6.45, 7) is 1.99. The molecule has 3 heterocycles. The highest BCUT2D eigenvalue weighted by Crippen LogP contribution is 2.28. The fraction of sp³-hybridized carbons (Fsp3) is 0.300. The van der Waals surface area contributed by atoms with Gasteiger partial charge >= 0.3 is 0 Å². The number of benzene rings is 1. The van der Waals surface area contributed by atoms with E-state index >= 15 is 0 Å². The van der Waals surface area contributed by atoms with Crippen molar-refractivity contribution in [2.24, 2.45) is 0 Å². The van der Waals surface area contributed by atoms with Crippen LogP contribution < -0.4 is 5.56 Å². The molecule has 2 aromatic heterocycles. The summed E-state index contributed by atoms with van der Waals surface area (Å²) in [4.78, 5) is 19.9. The highest BCUT2D eigenvalue weighted by Gasteiger charge is 2.22. The third-order valence-corrected chi connectivity index (χ3v) is 5.23. The third-order valence-electron chi connectivity index (χ3n) is 5.03. The van der Waals surface area contributed by atoms with E-state index in [9.17, 15) is 4.79 Å². The quantitative estimate of drug-likeness (QED) is 0.654. The lowest BCUT2D eigenvalue weighted by molar-refractivity contribution is 0.222. The largest absolute Gasteiger partial charge is 0.306 e. The Balaban J connectivity index is 1.96. The minimum absolute atomic E-state index is 0.0514. The zero-order valence-corrected chi connectivity index (χ0v) is 14.9. The molecule has 128 valence electrons. The number of aromatic nitrogens is 2. The van der Waals surface area contributed by atoms with Gasteiger partial charge in [0.25, 0.3) is 5.56 Å². The van der Waals surface area contributed by atoms with E-state index in [2.05, 4.69) is 16.9 Å². The van der Waals surface area contributed by atoms with Crippen LogP contribution in [0, 0.1) is 0 Å². The molecule has 0 amide bonds. The lowest BCUT2D eigenvalue weighted by Gasteiger charge is -2.31. The zero-order chi connectivity index (χ0) is 17.4. The van der Waals surface area contributed by atoms with Crippen molar-refractivity contribution in [3.05, 3.63) is 64.2 Å². The second-order valence-corrected chi connectivity index (χ2v) is 7.09. The van der Waals surface area contributed by atoms with Gasteiger partial charge in [-0.25, -0.2) is 4.98 Å². The molecule has 0 N–H and O–H groups in total. The fourth-order valence-electron chi connectivity index (χ4n) is 3.65. The Morgan fingerprint density at radius 2 is 1.84 bits per heavy atom. The number of hydrogen-bond acceptors (Lipinski definition) is 3. The SMILES string of the molecule is CN1CCC(n2c(=O)c(-c3ccccc3)cc3cnc(Cl)cc32)CC1. The maximum Gasteiger partial charge on any atom is 0.259 e. The van der Waals surface area contributed by atoms with Crippen LogP contribution in [0.1, 0.15) is 18.9 Å². The van der Waals surface area contributed by atoms with Gasteiger partial charge in [-0.05, 0) is 50.7 Å². The van der Waals surface area contributed by atoms with Gasteiger partial charge in [-0.2, -0.15) is 0 Å². The molecule has 0 spiro atoms. The molecule has 5 heteroatoms. The third kappa shape index (κ3) is 3.08. The van der Waals surface area contributed by atoms with Crippen LogP contribution in [0.5, 0.6) is 0 Å². The second-order valence-electron chi connectivity index (χ2n) is 6.70. The topological polar surface area (TPSA) is 38.1 Å². The van der Waals surface area contributed by atoms with Crippen LogP contribution in [0.15, 0.2) is 53.5 Å². The van der Waals surface area contributed by atoms with Crippen LogP contribution in [-0.4, -0.2) is 34.6 Å². The van der Waals surface area contributed by atoms with Gasteiger partial charge in [-0.1, -0.05) is 41.9 Å². The summed E-state index contributed by atoms with van der Waals surface area (Å²) in [5.41, 5.74) is 2.58. The zero-order valence-electron chi connectivity index (χ0n) is 14.2. The molecule has 4 nitrogen and oxygen atoms in total. The second kappa shape index (κ2) is 6.62. The van der Waals surface area contributed by atoms with E-state index in [1.54, 1.807) is 6.20 Å². The normalized spacial score (nSPS) is 16.4. The number of pyridine rings is 2. The highest BCUT2D eigenvalue weighted by molar-refractivity contribution is 6.30. The van der Waals surface area contributed by atoms with Crippen molar-refractivity contribution in [1.82, 2.24) is 14.5 Å². The molecule has 1 aliphatic rings. The molecule has 0 unspecified atom stereocenters. The van der Waals surface area contributed by atoms with Crippen molar-refractivity contribution in [3.8, 4) is 11.1 Å². The van der Waals surface area contributed by atoms with E-state index in [1.807, 2.05) is 47.0 Å². The van der Waals surface area contributed by atoms with Gasteiger partial charge in [0, 0.05) is 23.2 Å². The molecule has 1 fully saturated rings. The first-order chi connectivity index (χ1) is 12.1. The standard InChI is InChI=1S/C20H20ClN3O/c1-23-9-7-16(8-10-23)24-18-12-19(21)22-13-15(18)11-17(20(24)25)14-5-3-2-4-6-14/h2-6,11-13,16H,7-10H2,1H3. The molecular formula is C20H20ClN3O. The first-order valence-electron chi connectivity index (χ1n) is 8.58. The predicted octanol–water partition coefficient (Wildman–Crippen LogP) is 3.98. The van der Waals surface area contributed by atoms with Crippen LogP contribution in [0.4, 0.5) is 0 Å². The first-order valence-corrected chi connectivity index (χ1v) is 8.96. The molecule has 0 radical (unpaired) electrons. The van der Waals surface area contributed by atoms with Crippen molar-refractivity contribution in [2.75, 3.05) is 20.1 Å². The van der Waals surface area contributed by atoms with Crippen molar-refractivity contribution < 1.29 is 0 Å². The first kappa shape index (κ1) is 16.3. The molecule has 0 atom stereocenters. The van der Waals surface area contributed by atoms with Gasteiger partial charge in [0.2, 0.25) is 0 Å². The van der Waals surface area contributed by atoms with Gasteiger partial charge in [-0.3, -0.25) is 4.79 Å². The van der Waals surface area contributed by atoms with Gasteiger partial charge in [0.15, 0.2) is 0 Å². The monoisotopic (exact) mass is 353 g/mol.